The lowest BCUT2D eigenvalue weighted by atomic mass is 9.74. The number of rotatable bonds is 5. The molecule has 0 radical (unpaired) electrons. The molecule has 3 nitrogen and oxygen atoms in total. The van der Waals surface area contributed by atoms with E-state index in [1.165, 1.54) is 23.1 Å². The second-order valence-corrected chi connectivity index (χ2v) is 5.26. The number of benzene rings is 1. The highest BCUT2D eigenvalue weighted by Crippen LogP contribution is 2.38. The first-order valence-electron chi connectivity index (χ1n) is 6.79. The van der Waals surface area contributed by atoms with Crippen molar-refractivity contribution in [3.8, 4) is 0 Å². The van der Waals surface area contributed by atoms with Gasteiger partial charge in [0.15, 0.2) is 0 Å². The van der Waals surface area contributed by atoms with Crippen LogP contribution in [0.15, 0.2) is 48.8 Å². The predicted molar refractivity (Wildman–Crippen MR) is 76.6 cm³/mol. The molecule has 0 saturated heterocycles. The zero-order valence-electron chi connectivity index (χ0n) is 10.9. The first kappa shape index (κ1) is 12.3. The van der Waals surface area contributed by atoms with Gasteiger partial charge in [0.05, 0.1) is 0 Å². The molecule has 0 bridgehead atoms. The van der Waals surface area contributed by atoms with Crippen molar-refractivity contribution in [2.24, 2.45) is 5.84 Å². The van der Waals surface area contributed by atoms with Crippen LogP contribution in [0.2, 0.25) is 0 Å². The summed E-state index contributed by atoms with van der Waals surface area (Å²) in [7, 11) is 0. The molecular formula is C16H19N3. The topological polar surface area (TPSA) is 50.9 Å². The zero-order chi connectivity index (χ0) is 13.1. The van der Waals surface area contributed by atoms with E-state index < -0.39 is 0 Å². The van der Waals surface area contributed by atoms with Crippen molar-refractivity contribution in [2.75, 3.05) is 0 Å². The van der Waals surface area contributed by atoms with Gasteiger partial charge in [-0.1, -0.05) is 24.3 Å². The molecule has 0 saturated carbocycles. The first-order valence-corrected chi connectivity index (χ1v) is 6.79. The van der Waals surface area contributed by atoms with Gasteiger partial charge in [-0.15, -0.1) is 0 Å². The maximum atomic E-state index is 5.70. The van der Waals surface area contributed by atoms with Gasteiger partial charge in [0.2, 0.25) is 0 Å². The summed E-state index contributed by atoms with van der Waals surface area (Å²) in [5.41, 5.74) is 7.23. The molecule has 2 aromatic rings. The molecule has 1 heterocycles. The Kier molecular flexibility index (Phi) is 3.58. The van der Waals surface area contributed by atoms with E-state index in [9.17, 15) is 0 Å². The highest BCUT2D eigenvalue weighted by molar-refractivity contribution is 5.40. The first-order chi connectivity index (χ1) is 9.36. The number of hydrogen-bond donors (Lipinski definition) is 2. The summed E-state index contributed by atoms with van der Waals surface area (Å²) in [6.45, 7) is 0. The van der Waals surface area contributed by atoms with Gasteiger partial charge in [0.25, 0.3) is 0 Å². The molecule has 0 aliphatic heterocycles. The lowest BCUT2D eigenvalue weighted by molar-refractivity contribution is 0.421. The quantitative estimate of drug-likeness (QED) is 0.634. The van der Waals surface area contributed by atoms with Gasteiger partial charge in [-0.25, -0.2) is 0 Å². The minimum atomic E-state index is 0.320. The highest BCUT2D eigenvalue weighted by atomic mass is 15.2. The fourth-order valence-electron chi connectivity index (χ4n) is 2.93. The Hall–Kier alpha value is -1.71. The second-order valence-electron chi connectivity index (χ2n) is 5.26. The average Bonchev–Trinajstić information content (AvgIpc) is 2.44. The van der Waals surface area contributed by atoms with Gasteiger partial charge < -0.3 is 0 Å². The largest absolute Gasteiger partial charge is 0.271 e. The summed E-state index contributed by atoms with van der Waals surface area (Å²) < 4.78 is 0. The molecule has 0 amide bonds. The third kappa shape index (κ3) is 2.67. The minimum Gasteiger partial charge on any atom is -0.271 e. The second kappa shape index (κ2) is 5.51. The minimum absolute atomic E-state index is 0.320. The van der Waals surface area contributed by atoms with Crippen LogP contribution in [-0.4, -0.2) is 11.0 Å². The number of hydrazine groups is 1. The number of nitrogens with two attached hydrogens (primary N) is 1. The molecule has 19 heavy (non-hydrogen) atoms. The van der Waals surface area contributed by atoms with Crippen LogP contribution in [-0.2, 0) is 12.8 Å². The Morgan fingerprint density at radius 3 is 2.74 bits per heavy atom. The van der Waals surface area contributed by atoms with Crippen molar-refractivity contribution < 1.29 is 0 Å². The average molecular weight is 253 g/mol. The molecule has 98 valence electrons. The van der Waals surface area contributed by atoms with Crippen LogP contribution in [0.25, 0.3) is 0 Å². The number of aromatic nitrogens is 1. The molecule has 1 aromatic carbocycles. The molecule has 3 rings (SSSR count). The number of hydrogen-bond acceptors (Lipinski definition) is 3. The monoisotopic (exact) mass is 253 g/mol. The summed E-state index contributed by atoms with van der Waals surface area (Å²) in [5, 5.41) is 0. The van der Waals surface area contributed by atoms with Crippen molar-refractivity contribution in [1.82, 2.24) is 10.4 Å². The fraction of sp³-hybridized carbons (Fsp3) is 0.312. The van der Waals surface area contributed by atoms with E-state index in [-0.39, 0.29) is 0 Å². The van der Waals surface area contributed by atoms with Crippen LogP contribution in [0.5, 0.6) is 0 Å². The number of fused-ring (bicyclic) bond motifs is 1. The number of pyridine rings is 1. The maximum absolute atomic E-state index is 5.70. The summed E-state index contributed by atoms with van der Waals surface area (Å²) in [6, 6.07) is 13.1. The van der Waals surface area contributed by atoms with Crippen LogP contribution in [0.1, 0.15) is 29.0 Å². The standard InChI is InChI=1S/C16H19N3/c17-19-15(9-12-5-7-18-8-6-12)11-14-10-13-3-1-2-4-16(13)14/h1-8,14-15,19H,9-11,17H2. The molecule has 3 N–H and O–H groups in total. The van der Waals surface area contributed by atoms with Crippen molar-refractivity contribution in [1.29, 1.82) is 0 Å². The van der Waals surface area contributed by atoms with Crippen molar-refractivity contribution in [2.45, 2.75) is 31.2 Å². The summed E-state index contributed by atoms with van der Waals surface area (Å²) in [5.74, 6) is 6.35. The molecule has 1 aliphatic rings. The zero-order valence-corrected chi connectivity index (χ0v) is 10.9. The molecule has 1 aromatic heterocycles. The van der Waals surface area contributed by atoms with E-state index in [4.69, 9.17) is 5.84 Å². The normalized spacial score (nSPS) is 18.5. The predicted octanol–water partition coefficient (Wildman–Crippen LogP) is 2.19. The van der Waals surface area contributed by atoms with Gasteiger partial charge in [-0.3, -0.25) is 16.3 Å². The Morgan fingerprint density at radius 2 is 2.00 bits per heavy atom. The van der Waals surface area contributed by atoms with Crippen molar-refractivity contribution >= 4 is 0 Å². The Morgan fingerprint density at radius 1 is 1.21 bits per heavy atom. The highest BCUT2D eigenvalue weighted by Gasteiger charge is 2.27. The van der Waals surface area contributed by atoms with Gasteiger partial charge in [0.1, 0.15) is 0 Å². The molecule has 3 heteroatoms. The van der Waals surface area contributed by atoms with Gasteiger partial charge in [-0.2, -0.15) is 0 Å². The Balaban J connectivity index is 1.63. The van der Waals surface area contributed by atoms with Crippen molar-refractivity contribution in [3.05, 3.63) is 65.5 Å². The summed E-state index contributed by atoms with van der Waals surface area (Å²) in [4.78, 5) is 4.04. The third-order valence-corrected chi connectivity index (χ3v) is 4.00. The van der Waals surface area contributed by atoms with Gasteiger partial charge in [0, 0.05) is 18.4 Å². The number of nitrogens with zero attached hydrogens (tertiary/aromatic N) is 1. The Labute approximate surface area is 113 Å². The van der Waals surface area contributed by atoms with Crippen LogP contribution < -0.4 is 11.3 Å². The Bertz CT molecular complexity index is 539. The maximum Gasteiger partial charge on any atom is 0.0270 e. The van der Waals surface area contributed by atoms with E-state index in [0.717, 1.165) is 12.8 Å². The van der Waals surface area contributed by atoms with Gasteiger partial charge >= 0.3 is 0 Å². The fourth-order valence-corrected chi connectivity index (χ4v) is 2.93. The van der Waals surface area contributed by atoms with E-state index in [2.05, 4.69) is 46.8 Å². The van der Waals surface area contributed by atoms with Crippen LogP contribution in [0.4, 0.5) is 0 Å². The summed E-state index contributed by atoms with van der Waals surface area (Å²) in [6.07, 6.45) is 6.90. The van der Waals surface area contributed by atoms with Crippen LogP contribution in [0, 0.1) is 0 Å². The van der Waals surface area contributed by atoms with E-state index in [0.29, 0.717) is 12.0 Å². The van der Waals surface area contributed by atoms with Gasteiger partial charge in [-0.05, 0) is 54.0 Å². The van der Waals surface area contributed by atoms with E-state index in [1.807, 2.05) is 12.4 Å². The van der Waals surface area contributed by atoms with Crippen LogP contribution >= 0.6 is 0 Å². The molecule has 0 spiro atoms. The number of nitrogens with one attached hydrogen (secondary N) is 1. The molecule has 1 aliphatic carbocycles. The SMILES string of the molecule is NNC(Cc1ccncc1)CC1Cc2ccccc21. The molecule has 2 unspecified atom stereocenters. The molecule has 0 fully saturated rings. The molecular weight excluding hydrogens is 234 g/mol. The van der Waals surface area contributed by atoms with E-state index >= 15 is 0 Å². The van der Waals surface area contributed by atoms with Crippen LogP contribution in [0.3, 0.4) is 0 Å². The molecule has 2 atom stereocenters. The lowest BCUT2D eigenvalue weighted by Crippen LogP contribution is -2.39. The third-order valence-electron chi connectivity index (χ3n) is 4.00. The van der Waals surface area contributed by atoms with E-state index in [1.54, 1.807) is 0 Å². The van der Waals surface area contributed by atoms with Crippen molar-refractivity contribution in [3.63, 3.8) is 0 Å². The smallest absolute Gasteiger partial charge is 0.0270 e. The lowest BCUT2D eigenvalue weighted by Gasteiger charge is -2.33. The summed E-state index contributed by atoms with van der Waals surface area (Å²) >= 11 is 0.